The van der Waals surface area contributed by atoms with Crippen LogP contribution in [0.5, 0.6) is 5.75 Å². The number of carbonyl (C=O) groups excluding carboxylic acids is 2. The van der Waals surface area contributed by atoms with Gasteiger partial charge in [0.05, 0.1) is 4.83 Å². The number of hydrogen-bond donors (Lipinski definition) is 0. The predicted octanol–water partition coefficient (Wildman–Crippen LogP) is 4.41. The molecule has 1 aromatic rings. The second kappa shape index (κ2) is 5.69. The number of fused-ring (bicyclic) bond motifs is 5. The lowest BCUT2D eigenvalue weighted by Gasteiger charge is -2.48. The van der Waals surface area contributed by atoms with Crippen molar-refractivity contribution in [1.82, 2.24) is 0 Å². The standard InChI is InChI=1S/C20H23BrO3/c1-11(22)24-13-4-6-14-12(9-13)3-5-16-15(14)7-8-20(2)17(16)10-18(21)19(20)23/h4,6,9,15-18H,3,5,7-8,10H2,1-2H3. The van der Waals surface area contributed by atoms with E-state index >= 15 is 0 Å². The van der Waals surface area contributed by atoms with Crippen LogP contribution in [0.15, 0.2) is 18.2 Å². The number of alkyl halides is 1. The van der Waals surface area contributed by atoms with Crippen LogP contribution in [0.3, 0.4) is 0 Å². The van der Waals surface area contributed by atoms with Gasteiger partial charge in [-0.15, -0.1) is 0 Å². The Morgan fingerprint density at radius 2 is 2.12 bits per heavy atom. The van der Waals surface area contributed by atoms with Crippen LogP contribution in [0.2, 0.25) is 0 Å². The highest BCUT2D eigenvalue weighted by atomic mass is 79.9. The first-order valence-corrected chi connectivity index (χ1v) is 9.81. The summed E-state index contributed by atoms with van der Waals surface area (Å²) in [7, 11) is 0. The second-order valence-electron chi connectivity index (χ2n) is 7.89. The maximum atomic E-state index is 12.6. The van der Waals surface area contributed by atoms with Crippen molar-refractivity contribution in [3.63, 3.8) is 0 Å². The molecule has 128 valence electrons. The van der Waals surface area contributed by atoms with E-state index in [1.54, 1.807) is 0 Å². The Hall–Kier alpha value is -1.16. The molecular formula is C20H23BrO3. The van der Waals surface area contributed by atoms with E-state index in [-0.39, 0.29) is 16.2 Å². The first-order chi connectivity index (χ1) is 11.4. The summed E-state index contributed by atoms with van der Waals surface area (Å²) < 4.78 is 5.24. The quantitative estimate of drug-likeness (QED) is 0.405. The molecule has 0 heterocycles. The Labute approximate surface area is 151 Å². The third-order valence-electron chi connectivity index (χ3n) is 6.66. The highest BCUT2D eigenvalue weighted by Crippen LogP contribution is 2.60. The molecule has 3 nitrogen and oxygen atoms in total. The molecule has 0 aliphatic heterocycles. The summed E-state index contributed by atoms with van der Waals surface area (Å²) in [6.45, 7) is 3.63. The van der Waals surface area contributed by atoms with Crippen LogP contribution >= 0.6 is 15.9 Å². The minimum atomic E-state index is -0.273. The molecule has 1 aromatic carbocycles. The normalized spacial score (nSPS) is 37.4. The molecule has 0 bridgehead atoms. The third-order valence-corrected chi connectivity index (χ3v) is 7.45. The Kier molecular flexibility index (Phi) is 3.87. The van der Waals surface area contributed by atoms with Crippen molar-refractivity contribution >= 4 is 27.7 Å². The summed E-state index contributed by atoms with van der Waals surface area (Å²) in [5.41, 5.74) is 2.60. The van der Waals surface area contributed by atoms with Gasteiger partial charge in [0, 0.05) is 12.3 Å². The van der Waals surface area contributed by atoms with Crippen LogP contribution in [0.1, 0.15) is 56.6 Å². The maximum absolute atomic E-state index is 12.6. The van der Waals surface area contributed by atoms with Gasteiger partial charge in [-0.05, 0) is 73.1 Å². The van der Waals surface area contributed by atoms with Crippen molar-refractivity contribution in [2.75, 3.05) is 0 Å². The van der Waals surface area contributed by atoms with E-state index in [0.29, 0.717) is 29.3 Å². The number of rotatable bonds is 1. The monoisotopic (exact) mass is 390 g/mol. The van der Waals surface area contributed by atoms with Crippen LogP contribution in [-0.4, -0.2) is 16.6 Å². The lowest BCUT2D eigenvalue weighted by molar-refractivity contribution is -0.132. The molecule has 3 aliphatic carbocycles. The highest BCUT2D eigenvalue weighted by molar-refractivity contribution is 9.10. The molecule has 3 aliphatic rings. The molecule has 5 atom stereocenters. The number of Topliss-reactive ketones (excluding diaryl/α,β-unsaturated/α-hetero) is 1. The molecule has 5 unspecified atom stereocenters. The van der Waals surface area contributed by atoms with E-state index in [0.717, 1.165) is 32.1 Å². The van der Waals surface area contributed by atoms with E-state index in [1.165, 1.54) is 18.1 Å². The van der Waals surface area contributed by atoms with Gasteiger partial charge in [0.1, 0.15) is 5.75 Å². The van der Waals surface area contributed by atoms with Crippen LogP contribution in [0.25, 0.3) is 0 Å². The summed E-state index contributed by atoms with van der Waals surface area (Å²) >= 11 is 3.61. The minimum Gasteiger partial charge on any atom is -0.427 e. The van der Waals surface area contributed by atoms with Crippen LogP contribution in [0.4, 0.5) is 0 Å². The zero-order valence-corrected chi connectivity index (χ0v) is 15.8. The number of benzene rings is 1. The molecule has 0 N–H and O–H groups in total. The van der Waals surface area contributed by atoms with E-state index in [2.05, 4.69) is 28.9 Å². The van der Waals surface area contributed by atoms with Crippen molar-refractivity contribution in [2.45, 2.75) is 56.7 Å². The molecule has 4 rings (SSSR count). The number of ketones is 1. The molecular weight excluding hydrogens is 368 g/mol. The van der Waals surface area contributed by atoms with E-state index in [1.807, 2.05) is 12.1 Å². The van der Waals surface area contributed by atoms with Crippen LogP contribution < -0.4 is 4.74 Å². The van der Waals surface area contributed by atoms with Crippen molar-refractivity contribution < 1.29 is 14.3 Å². The van der Waals surface area contributed by atoms with Gasteiger partial charge in [-0.25, -0.2) is 0 Å². The lowest BCUT2D eigenvalue weighted by Crippen LogP contribution is -2.42. The molecule has 0 aromatic heterocycles. The number of hydrogen-bond acceptors (Lipinski definition) is 3. The van der Waals surface area contributed by atoms with Gasteiger partial charge in [0.25, 0.3) is 0 Å². The average Bonchev–Trinajstić information content (AvgIpc) is 2.77. The Balaban J connectivity index is 1.65. The molecule has 0 radical (unpaired) electrons. The van der Waals surface area contributed by atoms with E-state index in [4.69, 9.17) is 4.74 Å². The van der Waals surface area contributed by atoms with Crippen LogP contribution in [0, 0.1) is 17.3 Å². The molecule has 0 amide bonds. The van der Waals surface area contributed by atoms with E-state index in [9.17, 15) is 9.59 Å². The van der Waals surface area contributed by atoms with Gasteiger partial charge in [-0.1, -0.05) is 28.9 Å². The number of ether oxygens (including phenoxy) is 1. The zero-order valence-electron chi connectivity index (χ0n) is 14.2. The lowest BCUT2D eigenvalue weighted by atomic mass is 9.55. The Morgan fingerprint density at radius 1 is 1.33 bits per heavy atom. The van der Waals surface area contributed by atoms with E-state index < -0.39 is 0 Å². The molecule has 2 saturated carbocycles. The van der Waals surface area contributed by atoms with Gasteiger partial charge in [0.2, 0.25) is 0 Å². The molecule has 4 heteroatoms. The van der Waals surface area contributed by atoms with Crippen LogP contribution in [-0.2, 0) is 16.0 Å². The van der Waals surface area contributed by atoms with Gasteiger partial charge in [-0.2, -0.15) is 0 Å². The van der Waals surface area contributed by atoms with Crippen molar-refractivity contribution in [1.29, 1.82) is 0 Å². The fraction of sp³-hybridized carbons (Fsp3) is 0.600. The Morgan fingerprint density at radius 3 is 2.88 bits per heavy atom. The molecule has 0 saturated heterocycles. The van der Waals surface area contributed by atoms with Gasteiger partial charge in [-0.3, -0.25) is 9.59 Å². The maximum Gasteiger partial charge on any atom is 0.308 e. The summed E-state index contributed by atoms with van der Waals surface area (Å²) in [5.74, 6) is 2.43. The minimum absolute atomic E-state index is 0.0407. The number of halogens is 1. The summed E-state index contributed by atoms with van der Waals surface area (Å²) in [6, 6.07) is 6.10. The molecule has 0 spiro atoms. The first-order valence-electron chi connectivity index (χ1n) is 8.90. The fourth-order valence-electron chi connectivity index (χ4n) is 5.54. The molecule has 24 heavy (non-hydrogen) atoms. The highest BCUT2D eigenvalue weighted by Gasteiger charge is 2.57. The second-order valence-corrected chi connectivity index (χ2v) is 9.00. The van der Waals surface area contributed by atoms with Gasteiger partial charge < -0.3 is 4.74 Å². The van der Waals surface area contributed by atoms with Gasteiger partial charge in [0.15, 0.2) is 5.78 Å². The van der Waals surface area contributed by atoms with Crippen molar-refractivity contribution in [2.24, 2.45) is 17.3 Å². The zero-order chi connectivity index (χ0) is 17.1. The Bertz CT molecular complexity index is 713. The topological polar surface area (TPSA) is 43.4 Å². The first kappa shape index (κ1) is 16.3. The van der Waals surface area contributed by atoms with Gasteiger partial charge >= 0.3 is 5.97 Å². The van der Waals surface area contributed by atoms with Crippen molar-refractivity contribution in [3.8, 4) is 5.75 Å². The average molecular weight is 391 g/mol. The number of esters is 1. The summed E-state index contributed by atoms with van der Waals surface area (Å²) in [5, 5.41) is 0. The largest absolute Gasteiger partial charge is 0.427 e. The fourth-order valence-corrected chi connectivity index (χ4v) is 6.46. The smallest absolute Gasteiger partial charge is 0.308 e. The number of carbonyl (C=O) groups is 2. The summed E-state index contributed by atoms with van der Waals surface area (Å²) in [6.07, 6.45) is 5.21. The van der Waals surface area contributed by atoms with Crippen molar-refractivity contribution in [3.05, 3.63) is 29.3 Å². The molecule has 2 fully saturated rings. The third kappa shape index (κ3) is 2.37. The summed E-state index contributed by atoms with van der Waals surface area (Å²) in [4.78, 5) is 23.8. The SMILES string of the molecule is CC(=O)Oc1ccc2c(c1)CCC1C2CCC2(C)C(=O)C(Br)CC12. The predicted molar refractivity (Wildman–Crippen MR) is 95.5 cm³/mol. The number of aryl methyl sites for hydroxylation is 1.